The van der Waals surface area contributed by atoms with E-state index in [1.54, 1.807) is 24.3 Å². The van der Waals surface area contributed by atoms with Crippen LogP contribution in [0.2, 0.25) is 5.02 Å². The highest BCUT2D eigenvalue weighted by Crippen LogP contribution is 2.24. The Morgan fingerprint density at radius 1 is 0.951 bits per heavy atom. The minimum Gasteiger partial charge on any atom is -0.354 e. The Labute approximate surface area is 247 Å². The molecule has 0 radical (unpaired) electrons. The van der Waals surface area contributed by atoms with Crippen LogP contribution in [-0.4, -0.2) is 50.5 Å². The van der Waals surface area contributed by atoms with Gasteiger partial charge in [-0.3, -0.25) is 13.9 Å². The molecule has 3 aromatic rings. The van der Waals surface area contributed by atoms with Crippen molar-refractivity contribution < 1.29 is 22.4 Å². The van der Waals surface area contributed by atoms with Gasteiger partial charge in [0.1, 0.15) is 11.9 Å². The average Bonchev–Trinajstić information content (AvgIpc) is 2.93. The summed E-state index contributed by atoms with van der Waals surface area (Å²) in [5, 5.41) is 3.43. The molecule has 7 nitrogen and oxygen atoms in total. The van der Waals surface area contributed by atoms with Crippen LogP contribution in [0.3, 0.4) is 0 Å². The first kappa shape index (κ1) is 32.1. The normalized spacial score (nSPS) is 12.1. The number of carbonyl (C=O) groups excluding carboxylic acids is 2. The summed E-state index contributed by atoms with van der Waals surface area (Å²) in [7, 11) is -3.81. The van der Waals surface area contributed by atoms with E-state index < -0.39 is 21.9 Å². The van der Waals surface area contributed by atoms with E-state index in [0.29, 0.717) is 17.1 Å². The maximum absolute atomic E-state index is 14.5. The van der Waals surface area contributed by atoms with Gasteiger partial charge in [-0.2, -0.15) is 0 Å². The zero-order valence-corrected chi connectivity index (χ0v) is 25.2. The molecule has 2 amide bonds. The highest BCUT2D eigenvalue weighted by molar-refractivity contribution is 7.92. The number of anilines is 1. The lowest BCUT2D eigenvalue weighted by molar-refractivity contribution is -0.141. The van der Waals surface area contributed by atoms with Gasteiger partial charge in [0.25, 0.3) is 0 Å². The molecule has 0 fully saturated rings. The van der Waals surface area contributed by atoms with E-state index in [-0.39, 0.29) is 55.8 Å². The van der Waals surface area contributed by atoms with E-state index >= 15 is 0 Å². The van der Waals surface area contributed by atoms with Crippen molar-refractivity contribution in [2.45, 2.75) is 45.7 Å². The van der Waals surface area contributed by atoms with Crippen LogP contribution in [-0.2, 0) is 32.6 Å². The summed E-state index contributed by atoms with van der Waals surface area (Å²) in [6, 6.07) is 21.3. The lowest BCUT2D eigenvalue weighted by Crippen LogP contribution is -2.51. The fourth-order valence-corrected chi connectivity index (χ4v) is 5.58. The van der Waals surface area contributed by atoms with E-state index in [1.165, 1.54) is 23.1 Å². The number of rotatable bonds is 14. The van der Waals surface area contributed by atoms with Gasteiger partial charge in [0.2, 0.25) is 21.8 Å². The minimum atomic E-state index is -3.81. The van der Waals surface area contributed by atoms with Gasteiger partial charge in [0.05, 0.1) is 11.9 Å². The molecule has 3 aromatic carbocycles. The molecule has 0 aliphatic carbocycles. The van der Waals surface area contributed by atoms with Crippen LogP contribution in [0, 0.1) is 11.7 Å². The van der Waals surface area contributed by atoms with Crippen LogP contribution >= 0.6 is 11.6 Å². The average molecular weight is 602 g/mol. The van der Waals surface area contributed by atoms with Crippen molar-refractivity contribution in [3.05, 3.63) is 101 Å². The largest absolute Gasteiger partial charge is 0.354 e. The topological polar surface area (TPSA) is 86.8 Å². The SMILES string of the molecule is CC(C)CNC(=O)[C@@H](Cc1ccccc1)N(Cc1ccccc1Cl)C(=O)CCCN(c1ccccc1F)S(C)(=O)=O. The van der Waals surface area contributed by atoms with Crippen molar-refractivity contribution in [1.29, 1.82) is 0 Å². The molecule has 0 aromatic heterocycles. The first-order chi connectivity index (χ1) is 19.5. The van der Waals surface area contributed by atoms with Crippen LogP contribution < -0.4 is 9.62 Å². The van der Waals surface area contributed by atoms with Crippen molar-refractivity contribution in [3.63, 3.8) is 0 Å². The second kappa shape index (κ2) is 15.0. The van der Waals surface area contributed by atoms with Crippen LogP contribution in [0.4, 0.5) is 10.1 Å². The second-order valence-corrected chi connectivity index (χ2v) is 12.7. The maximum atomic E-state index is 14.5. The lowest BCUT2D eigenvalue weighted by atomic mass is 10.0. The van der Waals surface area contributed by atoms with Gasteiger partial charge in [-0.15, -0.1) is 0 Å². The summed E-state index contributed by atoms with van der Waals surface area (Å²) in [6.07, 6.45) is 1.34. The first-order valence-electron chi connectivity index (χ1n) is 13.5. The molecule has 3 rings (SSSR count). The number of nitrogens with zero attached hydrogens (tertiary/aromatic N) is 2. The van der Waals surface area contributed by atoms with Crippen molar-refractivity contribution in [2.75, 3.05) is 23.7 Å². The molecule has 0 saturated carbocycles. The molecule has 0 bridgehead atoms. The molecule has 10 heteroatoms. The Morgan fingerprint density at radius 3 is 2.22 bits per heavy atom. The molecule has 0 spiro atoms. The third kappa shape index (κ3) is 9.57. The quantitative estimate of drug-likeness (QED) is 0.267. The molecule has 220 valence electrons. The van der Waals surface area contributed by atoms with Crippen molar-refractivity contribution in [1.82, 2.24) is 10.2 Å². The lowest BCUT2D eigenvalue weighted by Gasteiger charge is -2.32. The summed E-state index contributed by atoms with van der Waals surface area (Å²) < 4.78 is 40.4. The molecule has 1 N–H and O–H groups in total. The van der Waals surface area contributed by atoms with Crippen molar-refractivity contribution in [2.24, 2.45) is 5.92 Å². The Morgan fingerprint density at radius 2 is 1.59 bits per heavy atom. The summed E-state index contributed by atoms with van der Waals surface area (Å²) in [6.45, 7) is 4.41. The maximum Gasteiger partial charge on any atom is 0.243 e. The number of hydrogen-bond acceptors (Lipinski definition) is 4. The predicted molar refractivity (Wildman–Crippen MR) is 162 cm³/mol. The van der Waals surface area contributed by atoms with Gasteiger partial charge >= 0.3 is 0 Å². The number of nitrogens with one attached hydrogen (secondary N) is 1. The van der Waals surface area contributed by atoms with E-state index in [4.69, 9.17) is 11.6 Å². The predicted octanol–water partition coefficient (Wildman–Crippen LogP) is 5.44. The smallest absolute Gasteiger partial charge is 0.243 e. The summed E-state index contributed by atoms with van der Waals surface area (Å²) >= 11 is 6.45. The van der Waals surface area contributed by atoms with E-state index in [2.05, 4.69) is 5.32 Å². The van der Waals surface area contributed by atoms with Crippen LogP contribution in [0.1, 0.15) is 37.8 Å². The third-order valence-corrected chi connectivity index (χ3v) is 8.08. The molecule has 0 heterocycles. The number of halogens is 2. The molecule has 0 aliphatic rings. The third-order valence-electron chi connectivity index (χ3n) is 6.53. The van der Waals surface area contributed by atoms with Gasteiger partial charge < -0.3 is 10.2 Å². The molecule has 41 heavy (non-hydrogen) atoms. The number of sulfonamides is 1. The van der Waals surface area contributed by atoms with Gasteiger partial charge in [-0.05, 0) is 41.7 Å². The number of hydrogen-bond donors (Lipinski definition) is 1. The Kier molecular flexibility index (Phi) is 11.7. The zero-order chi connectivity index (χ0) is 30.0. The van der Waals surface area contributed by atoms with Gasteiger partial charge in [0, 0.05) is 37.5 Å². The minimum absolute atomic E-state index is 0.0618. The summed E-state index contributed by atoms with van der Waals surface area (Å²) in [4.78, 5) is 28.9. The fourth-order valence-electron chi connectivity index (χ4n) is 4.42. The highest BCUT2D eigenvalue weighted by atomic mass is 35.5. The van der Waals surface area contributed by atoms with Crippen LogP contribution in [0.25, 0.3) is 0 Å². The van der Waals surface area contributed by atoms with Gasteiger partial charge in [-0.1, -0.05) is 86.1 Å². The monoisotopic (exact) mass is 601 g/mol. The van der Waals surface area contributed by atoms with E-state index in [0.717, 1.165) is 16.1 Å². The number of carbonyl (C=O) groups is 2. The molecule has 0 saturated heterocycles. The molecule has 0 unspecified atom stereocenters. The fraction of sp³-hybridized carbons (Fsp3) is 0.355. The number of benzene rings is 3. The molecule has 1 atom stereocenters. The highest BCUT2D eigenvalue weighted by Gasteiger charge is 2.31. The van der Waals surface area contributed by atoms with Crippen molar-refractivity contribution in [3.8, 4) is 0 Å². The second-order valence-electron chi connectivity index (χ2n) is 10.3. The summed E-state index contributed by atoms with van der Waals surface area (Å²) in [5.41, 5.74) is 1.49. The molecular formula is C31H37ClFN3O4S. The van der Waals surface area contributed by atoms with Crippen LogP contribution in [0.15, 0.2) is 78.9 Å². The van der Waals surface area contributed by atoms with E-state index in [1.807, 2.05) is 50.2 Å². The van der Waals surface area contributed by atoms with Gasteiger partial charge in [-0.25, -0.2) is 12.8 Å². The zero-order valence-electron chi connectivity index (χ0n) is 23.6. The van der Waals surface area contributed by atoms with Gasteiger partial charge in [0.15, 0.2) is 0 Å². The van der Waals surface area contributed by atoms with E-state index in [9.17, 15) is 22.4 Å². The Balaban J connectivity index is 1.90. The molecule has 0 aliphatic heterocycles. The van der Waals surface area contributed by atoms with Crippen LogP contribution in [0.5, 0.6) is 0 Å². The number of amides is 2. The summed E-state index contributed by atoms with van der Waals surface area (Å²) in [5.74, 6) is -1.08. The molecular weight excluding hydrogens is 565 g/mol. The Bertz CT molecular complexity index is 1420. The first-order valence-corrected chi connectivity index (χ1v) is 15.8. The standard InChI is InChI=1S/C31H37ClFN3O4S/c1-23(2)21-34-31(38)29(20-24-12-5-4-6-13-24)35(22-25-14-7-8-15-26(25)32)30(37)18-11-19-36(41(3,39)40)28-17-10-9-16-27(28)33/h4-10,12-17,23,29H,11,18-22H2,1-3H3,(H,34,38)/t29-/m1/s1. The number of para-hydroxylation sites is 1. The van der Waals surface area contributed by atoms with Crippen molar-refractivity contribution >= 4 is 39.1 Å². The Hall–Kier alpha value is -3.43.